The first kappa shape index (κ1) is 12.8. The van der Waals surface area contributed by atoms with Crippen LogP contribution in [0.25, 0.3) is 0 Å². The van der Waals surface area contributed by atoms with Crippen molar-refractivity contribution >= 4 is 11.7 Å². The Bertz CT molecular complexity index is 440. The van der Waals surface area contributed by atoms with Crippen molar-refractivity contribution in [1.82, 2.24) is 9.88 Å². The van der Waals surface area contributed by atoms with Gasteiger partial charge in [-0.05, 0) is 32.9 Å². The van der Waals surface area contributed by atoms with E-state index in [-0.39, 0.29) is 12.1 Å². The van der Waals surface area contributed by atoms with Crippen LogP contribution in [-0.2, 0) is 4.74 Å². The quantitative estimate of drug-likeness (QED) is 0.798. The monoisotopic (exact) mass is 249 g/mol. The summed E-state index contributed by atoms with van der Waals surface area (Å²) in [6, 6.07) is 1.62. The summed E-state index contributed by atoms with van der Waals surface area (Å²) in [5.41, 5.74) is 7.24. The molecule has 0 amide bonds. The first-order valence-electron chi connectivity index (χ1n) is 6.18. The Hall–Kier alpha value is -1.62. The smallest absolute Gasteiger partial charge is 0.340 e. The first-order valence-corrected chi connectivity index (χ1v) is 6.18. The highest BCUT2D eigenvalue weighted by atomic mass is 16.5. The standard InChI is InChI=1S/C13H19N3O2/c1-9-12(7-10(14)8-15-9)13(17)18-11-3-5-16(2)6-4-11/h7-8,11H,3-6,14H2,1-2H3. The third-order valence-electron chi connectivity index (χ3n) is 3.27. The molecule has 1 aliphatic rings. The Balaban J connectivity index is 2.01. The fourth-order valence-electron chi connectivity index (χ4n) is 2.07. The van der Waals surface area contributed by atoms with E-state index in [9.17, 15) is 4.79 Å². The number of ether oxygens (including phenoxy) is 1. The summed E-state index contributed by atoms with van der Waals surface area (Å²) in [7, 11) is 2.07. The number of carbonyl (C=O) groups is 1. The van der Waals surface area contributed by atoms with Gasteiger partial charge in [-0.3, -0.25) is 4.98 Å². The van der Waals surface area contributed by atoms with Crippen LogP contribution < -0.4 is 5.73 Å². The molecule has 0 unspecified atom stereocenters. The van der Waals surface area contributed by atoms with Crippen molar-refractivity contribution in [2.45, 2.75) is 25.9 Å². The lowest BCUT2D eigenvalue weighted by atomic mass is 10.1. The Labute approximate surface area is 107 Å². The van der Waals surface area contributed by atoms with Gasteiger partial charge >= 0.3 is 5.97 Å². The minimum absolute atomic E-state index is 0.00882. The fraction of sp³-hybridized carbons (Fsp3) is 0.538. The number of hydrogen-bond donors (Lipinski definition) is 1. The van der Waals surface area contributed by atoms with Gasteiger partial charge in [0.1, 0.15) is 6.10 Å². The van der Waals surface area contributed by atoms with Gasteiger partial charge in [0.2, 0.25) is 0 Å². The highest BCUT2D eigenvalue weighted by molar-refractivity contribution is 5.91. The van der Waals surface area contributed by atoms with Gasteiger partial charge in [0.25, 0.3) is 0 Å². The van der Waals surface area contributed by atoms with Crippen LogP contribution in [0.3, 0.4) is 0 Å². The minimum atomic E-state index is -0.318. The molecule has 98 valence electrons. The molecule has 0 aromatic carbocycles. The number of esters is 1. The maximum atomic E-state index is 12.0. The zero-order chi connectivity index (χ0) is 13.1. The molecule has 0 bridgehead atoms. The predicted octanol–water partition coefficient (Wildman–Crippen LogP) is 1.22. The van der Waals surface area contributed by atoms with Crippen LogP contribution in [0.4, 0.5) is 5.69 Å². The molecule has 0 aliphatic carbocycles. The van der Waals surface area contributed by atoms with Gasteiger partial charge in [-0.15, -0.1) is 0 Å². The van der Waals surface area contributed by atoms with E-state index in [2.05, 4.69) is 16.9 Å². The summed E-state index contributed by atoms with van der Waals surface area (Å²) < 4.78 is 5.50. The summed E-state index contributed by atoms with van der Waals surface area (Å²) >= 11 is 0. The van der Waals surface area contributed by atoms with Crippen molar-refractivity contribution in [2.75, 3.05) is 25.9 Å². The Morgan fingerprint density at radius 1 is 1.50 bits per heavy atom. The molecule has 2 N–H and O–H groups in total. The molecule has 0 spiro atoms. The van der Waals surface area contributed by atoms with Gasteiger partial charge in [-0.1, -0.05) is 0 Å². The van der Waals surface area contributed by atoms with Crippen molar-refractivity contribution in [3.63, 3.8) is 0 Å². The maximum Gasteiger partial charge on any atom is 0.340 e. The zero-order valence-corrected chi connectivity index (χ0v) is 10.8. The Kier molecular flexibility index (Phi) is 3.81. The Morgan fingerprint density at radius 3 is 2.83 bits per heavy atom. The summed E-state index contributed by atoms with van der Waals surface area (Å²) in [4.78, 5) is 18.3. The van der Waals surface area contributed by atoms with Crippen molar-refractivity contribution in [3.8, 4) is 0 Å². The number of piperidine rings is 1. The molecule has 2 rings (SSSR count). The van der Waals surface area contributed by atoms with Crippen LogP contribution in [0, 0.1) is 6.92 Å². The normalized spacial score (nSPS) is 17.7. The van der Waals surface area contributed by atoms with Gasteiger partial charge in [0, 0.05) is 13.1 Å². The van der Waals surface area contributed by atoms with Gasteiger partial charge in [0.15, 0.2) is 0 Å². The van der Waals surface area contributed by atoms with Crippen LogP contribution in [0.2, 0.25) is 0 Å². The number of rotatable bonds is 2. The molecular weight excluding hydrogens is 230 g/mol. The van der Waals surface area contributed by atoms with E-state index in [1.165, 1.54) is 0 Å². The molecule has 0 atom stereocenters. The number of pyridine rings is 1. The van der Waals surface area contributed by atoms with Gasteiger partial charge in [-0.2, -0.15) is 0 Å². The number of likely N-dealkylation sites (tertiary alicyclic amines) is 1. The number of hydrogen-bond acceptors (Lipinski definition) is 5. The summed E-state index contributed by atoms with van der Waals surface area (Å²) in [6.07, 6.45) is 3.32. The SMILES string of the molecule is Cc1ncc(N)cc1C(=O)OC1CCN(C)CC1. The number of nitrogens with two attached hydrogens (primary N) is 1. The van der Waals surface area contributed by atoms with Gasteiger partial charge in [0.05, 0.1) is 23.1 Å². The van der Waals surface area contributed by atoms with E-state index in [0.717, 1.165) is 25.9 Å². The van der Waals surface area contributed by atoms with E-state index in [4.69, 9.17) is 10.5 Å². The van der Waals surface area contributed by atoms with Crippen molar-refractivity contribution in [2.24, 2.45) is 0 Å². The van der Waals surface area contributed by atoms with E-state index >= 15 is 0 Å². The molecule has 0 radical (unpaired) electrons. The van der Waals surface area contributed by atoms with E-state index in [1.807, 2.05) is 0 Å². The molecule has 1 saturated heterocycles. The molecule has 1 aliphatic heterocycles. The van der Waals surface area contributed by atoms with Crippen molar-refractivity contribution in [3.05, 3.63) is 23.5 Å². The number of carbonyl (C=O) groups excluding carboxylic acids is 1. The molecule has 2 heterocycles. The predicted molar refractivity (Wildman–Crippen MR) is 69.3 cm³/mol. The van der Waals surface area contributed by atoms with Crippen LogP contribution in [-0.4, -0.2) is 42.1 Å². The lowest BCUT2D eigenvalue weighted by molar-refractivity contribution is 0.0138. The fourth-order valence-corrected chi connectivity index (χ4v) is 2.07. The van der Waals surface area contributed by atoms with Crippen LogP contribution in [0.15, 0.2) is 12.3 Å². The van der Waals surface area contributed by atoms with E-state index in [1.54, 1.807) is 19.2 Å². The maximum absolute atomic E-state index is 12.0. The minimum Gasteiger partial charge on any atom is -0.459 e. The molecule has 1 aromatic heterocycles. The molecule has 18 heavy (non-hydrogen) atoms. The second-order valence-electron chi connectivity index (χ2n) is 4.81. The zero-order valence-electron chi connectivity index (χ0n) is 10.8. The molecule has 0 saturated carbocycles. The van der Waals surface area contributed by atoms with E-state index in [0.29, 0.717) is 16.9 Å². The molecule has 1 aromatic rings. The average molecular weight is 249 g/mol. The first-order chi connectivity index (χ1) is 8.56. The number of nitrogens with zero attached hydrogens (tertiary/aromatic N) is 2. The summed E-state index contributed by atoms with van der Waals surface area (Å²) in [6.45, 7) is 3.71. The third-order valence-corrected chi connectivity index (χ3v) is 3.27. The molecular formula is C13H19N3O2. The van der Waals surface area contributed by atoms with E-state index < -0.39 is 0 Å². The topological polar surface area (TPSA) is 68.4 Å². The van der Waals surface area contributed by atoms with Gasteiger partial charge < -0.3 is 15.4 Å². The average Bonchev–Trinajstić information content (AvgIpc) is 2.35. The summed E-state index contributed by atoms with van der Waals surface area (Å²) in [5.74, 6) is -0.318. The van der Waals surface area contributed by atoms with Crippen molar-refractivity contribution < 1.29 is 9.53 Å². The lowest BCUT2D eigenvalue weighted by Crippen LogP contribution is -2.35. The molecule has 5 nitrogen and oxygen atoms in total. The highest BCUT2D eigenvalue weighted by Gasteiger charge is 2.22. The number of aromatic nitrogens is 1. The second-order valence-corrected chi connectivity index (χ2v) is 4.81. The third kappa shape index (κ3) is 2.98. The number of nitrogen functional groups attached to an aromatic ring is 1. The largest absolute Gasteiger partial charge is 0.459 e. The summed E-state index contributed by atoms with van der Waals surface area (Å²) in [5, 5.41) is 0. The van der Waals surface area contributed by atoms with Gasteiger partial charge in [-0.25, -0.2) is 4.79 Å². The molecule has 5 heteroatoms. The highest BCUT2D eigenvalue weighted by Crippen LogP contribution is 2.17. The van der Waals surface area contributed by atoms with Crippen LogP contribution >= 0.6 is 0 Å². The number of anilines is 1. The lowest BCUT2D eigenvalue weighted by Gasteiger charge is -2.28. The van der Waals surface area contributed by atoms with Crippen LogP contribution in [0.5, 0.6) is 0 Å². The molecule has 1 fully saturated rings. The van der Waals surface area contributed by atoms with Crippen LogP contribution in [0.1, 0.15) is 28.9 Å². The second kappa shape index (κ2) is 5.35. The Morgan fingerprint density at radius 2 is 2.17 bits per heavy atom. The number of aryl methyl sites for hydroxylation is 1. The van der Waals surface area contributed by atoms with Crippen molar-refractivity contribution in [1.29, 1.82) is 0 Å².